The molecule has 1 aliphatic rings. The van der Waals surface area contributed by atoms with E-state index < -0.39 is 0 Å². The quantitative estimate of drug-likeness (QED) is 0.394. The molecule has 2 nitrogen and oxygen atoms in total. The average molecular weight is 398 g/mol. The van der Waals surface area contributed by atoms with Crippen LogP contribution in [-0.2, 0) is 5.31 Å². The summed E-state index contributed by atoms with van der Waals surface area (Å²) in [5.41, 5.74) is 9.62. The van der Waals surface area contributed by atoms with Crippen molar-refractivity contribution in [2.75, 3.05) is 0 Å². The van der Waals surface area contributed by atoms with E-state index in [2.05, 4.69) is 121 Å². The van der Waals surface area contributed by atoms with Gasteiger partial charge in [0.15, 0.2) is 0 Å². The van der Waals surface area contributed by atoms with Gasteiger partial charge in [0.2, 0.25) is 0 Å². The van der Waals surface area contributed by atoms with Gasteiger partial charge in [-0.05, 0) is 23.3 Å². The molecule has 0 unspecified atom stereocenters. The highest BCUT2D eigenvalue weighted by atomic mass is 15.2. The summed E-state index contributed by atoms with van der Waals surface area (Å²) >= 11 is 0. The van der Waals surface area contributed by atoms with Crippen molar-refractivity contribution in [1.82, 2.24) is 4.57 Å². The topological polar surface area (TPSA) is 8.81 Å². The van der Waals surface area contributed by atoms with Crippen molar-refractivity contribution in [3.05, 3.63) is 71.0 Å². The van der Waals surface area contributed by atoms with Crippen LogP contribution in [0, 0.1) is 0 Å². The van der Waals surface area contributed by atoms with E-state index in [0.29, 0.717) is 17.8 Å². The van der Waals surface area contributed by atoms with Crippen LogP contribution in [0.25, 0.3) is 11.4 Å². The number of imidazole rings is 1. The zero-order valence-corrected chi connectivity index (χ0v) is 19.8. The minimum Gasteiger partial charge on any atom is -0.242 e. The van der Waals surface area contributed by atoms with Crippen molar-refractivity contribution < 1.29 is 4.57 Å². The lowest BCUT2D eigenvalue weighted by Crippen LogP contribution is -2.58. The van der Waals surface area contributed by atoms with Gasteiger partial charge < -0.3 is 0 Å². The van der Waals surface area contributed by atoms with Crippen molar-refractivity contribution in [3.63, 3.8) is 0 Å². The summed E-state index contributed by atoms with van der Waals surface area (Å²) in [6.45, 7) is 18.5. The Morgan fingerprint density at radius 2 is 1.33 bits per heavy atom. The molecule has 4 rings (SSSR count). The molecule has 3 heteroatoms. The van der Waals surface area contributed by atoms with Gasteiger partial charge in [-0.25, -0.2) is 9.13 Å². The van der Waals surface area contributed by atoms with E-state index in [0.717, 1.165) is 0 Å². The fourth-order valence-electron chi connectivity index (χ4n) is 4.93. The predicted octanol–water partition coefficient (Wildman–Crippen LogP) is 5.70. The van der Waals surface area contributed by atoms with E-state index in [1.807, 2.05) is 0 Å². The first-order chi connectivity index (χ1) is 14.1. The number of nitrogens with zero attached hydrogens (tertiary/aromatic N) is 2. The van der Waals surface area contributed by atoms with Crippen molar-refractivity contribution in [1.29, 1.82) is 0 Å². The molecule has 0 spiro atoms. The fraction of sp³-hybridized carbons (Fsp3) is 0.444. The van der Waals surface area contributed by atoms with E-state index in [9.17, 15) is 0 Å². The Bertz CT molecular complexity index is 1060. The first-order valence-electron chi connectivity index (χ1n) is 11.4. The SMILES string of the molecule is CC(C)c1cccc2c1-n1cc[n+](-c3c(C(C)C)cccc3C(C)C)c1[B-]C2(C)C. The van der Waals surface area contributed by atoms with E-state index in [-0.39, 0.29) is 5.31 Å². The first kappa shape index (κ1) is 21.0. The highest BCUT2D eigenvalue weighted by molar-refractivity contribution is 6.55. The molecule has 0 atom stereocenters. The van der Waals surface area contributed by atoms with Crippen molar-refractivity contribution >= 4 is 13.0 Å². The maximum Gasteiger partial charge on any atom is 0.135 e. The Labute approximate surface area is 183 Å². The van der Waals surface area contributed by atoms with Crippen molar-refractivity contribution in [2.24, 2.45) is 0 Å². The molecule has 2 heterocycles. The molecule has 1 aromatic heterocycles. The van der Waals surface area contributed by atoms with Gasteiger partial charge in [0.05, 0.1) is 0 Å². The summed E-state index contributed by atoms with van der Waals surface area (Å²) in [6, 6.07) is 13.6. The third kappa shape index (κ3) is 3.23. The zero-order valence-electron chi connectivity index (χ0n) is 19.8. The van der Waals surface area contributed by atoms with Crippen LogP contribution in [0.15, 0.2) is 48.8 Å². The highest BCUT2D eigenvalue weighted by Gasteiger charge is 2.31. The molecule has 30 heavy (non-hydrogen) atoms. The molecular weight excluding hydrogens is 363 g/mol. The highest BCUT2D eigenvalue weighted by Crippen LogP contribution is 2.36. The molecular formula is C27H35BN2. The van der Waals surface area contributed by atoms with Gasteiger partial charge in [-0.1, -0.05) is 91.8 Å². The van der Waals surface area contributed by atoms with Gasteiger partial charge in [0.1, 0.15) is 23.8 Å². The largest absolute Gasteiger partial charge is 0.242 e. The molecule has 0 saturated carbocycles. The fourth-order valence-corrected chi connectivity index (χ4v) is 4.93. The van der Waals surface area contributed by atoms with Crippen LogP contribution < -0.4 is 10.3 Å². The van der Waals surface area contributed by atoms with Crippen molar-refractivity contribution in [3.8, 4) is 11.4 Å². The van der Waals surface area contributed by atoms with Crippen molar-refractivity contribution in [2.45, 2.75) is 78.5 Å². The monoisotopic (exact) mass is 398 g/mol. The smallest absolute Gasteiger partial charge is 0.135 e. The van der Waals surface area contributed by atoms with E-state index in [4.69, 9.17) is 0 Å². The van der Waals surface area contributed by atoms with Gasteiger partial charge in [-0.2, -0.15) is 12.6 Å². The Balaban J connectivity index is 2.04. The van der Waals surface area contributed by atoms with Crippen LogP contribution in [0.5, 0.6) is 0 Å². The van der Waals surface area contributed by atoms with Crippen LogP contribution in [0.3, 0.4) is 0 Å². The predicted molar refractivity (Wildman–Crippen MR) is 128 cm³/mol. The molecule has 0 aliphatic carbocycles. The second kappa shape index (κ2) is 7.44. The van der Waals surface area contributed by atoms with Gasteiger partial charge in [0.25, 0.3) is 0 Å². The van der Waals surface area contributed by atoms with Gasteiger partial charge >= 0.3 is 0 Å². The van der Waals surface area contributed by atoms with Crippen LogP contribution in [0.2, 0.25) is 0 Å². The molecule has 0 fully saturated rings. The van der Waals surface area contributed by atoms with Gasteiger partial charge in [0, 0.05) is 22.4 Å². The molecule has 2 radical (unpaired) electrons. The Kier molecular flexibility index (Phi) is 5.20. The second-order valence-electron chi connectivity index (χ2n) is 10.3. The van der Waals surface area contributed by atoms with Crippen LogP contribution in [-0.4, -0.2) is 11.8 Å². The number of hydrogen-bond donors (Lipinski definition) is 0. The Morgan fingerprint density at radius 3 is 1.90 bits per heavy atom. The molecule has 3 aromatic rings. The van der Waals surface area contributed by atoms with E-state index in [1.165, 1.54) is 39.4 Å². The van der Waals surface area contributed by atoms with Crippen LogP contribution >= 0.6 is 0 Å². The lowest BCUT2D eigenvalue weighted by molar-refractivity contribution is -0.577. The minimum atomic E-state index is -0.0267. The van der Waals surface area contributed by atoms with E-state index >= 15 is 0 Å². The maximum absolute atomic E-state index is 2.45. The summed E-state index contributed by atoms with van der Waals surface area (Å²) in [4.78, 5) is 0. The molecule has 0 amide bonds. The zero-order chi connectivity index (χ0) is 21.8. The normalized spacial score (nSPS) is 15.0. The summed E-state index contributed by atoms with van der Waals surface area (Å²) < 4.78 is 4.85. The number of para-hydroxylation sites is 2. The molecule has 156 valence electrons. The lowest BCUT2D eigenvalue weighted by Gasteiger charge is -2.42. The Hall–Kier alpha value is -2.29. The van der Waals surface area contributed by atoms with Gasteiger partial charge in [-0.15, -0.1) is 0 Å². The molecule has 0 saturated heterocycles. The summed E-state index contributed by atoms with van der Waals surface area (Å²) in [6.07, 6.45) is 4.52. The number of aromatic nitrogens is 2. The summed E-state index contributed by atoms with van der Waals surface area (Å²) in [5, 5.41) is -0.0267. The number of rotatable bonds is 4. The maximum atomic E-state index is 2.45. The summed E-state index contributed by atoms with van der Waals surface area (Å²) in [5.74, 6) is 1.42. The van der Waals surface area contributed by atoms with Gasteiger partial charge in [-0.3, -0.25) is 0 Å². The minimum absolute atomic E-state index is 0.0267. The molecule has 0 bridgehead atoms. The molecule has 1 aliphatic heterocycles. The average Bonchev–Trinajstić information content (AvgIpc) is 3.09. The number of hydrogen-bond acceptors (Lipinski definition) is 0. The molecule has 2 aromatic carbocycles. The third-order valence-electron chi connectivity index (χ3n) is 6.56. The van der Waals surface area contributed by atoms with Crippen LogP contribution in [0.1, 0.15) is 95.4 Å². The second-order valence-corrected chi connectivity index (χ2v) is 10.3. The Morgan fingerprint density at radius 1 is 0.800 bits per heavy atom. The number of fused-ring (bicyclic) bond motifs is 3. The van der Waals surface area contributed by atoms with E-state index in [1.54, 1.807) is 0 Å². The van der Waals surface area contributed by atoms with Crippen LogP contribution in [0.4, 0.5) is 0 Å². The molecule has 0 N–H and O–H groups in total. The standard InChI is InChI=1S/C27H35BN2/c1-17(2)20-11-9-12-21(18(3)4)24(20)29-15-16-30-25-22(19(5)6)13-10-14-23(25)27(7,8)28-26(29)30/h9-19H,1-8H3. The first-order valence-corrected chi connectivity index (χ1v) is 11.4. The lowest BCUT2D eigenvalue weighted by atomic mass is 9.48. The third-order valence-corrected chi connectivity index (χ3v) is 6.56. The summed E-state index contributed by atoms with van der Waals surface area (Å²) in [7, 11) is 2.45. The number of benzene rings is 2.